The first-order valence-corrected chi connectivity index (χ1v) is 7.01. The Bertz CT molecular complexity index is 598. The smallest absolute Gasteiger partial charge is 0.125 e. The molecule has 1 aromatic heterocycles. The summed E-state index contributed by atoms with van der Waals surface area (Å²) in [5, 5.41) is 0. The average molecular weight is 283 g/mol. The lowest BCUT2D eigenvalue weighted by molar-refractivity contribution is 0.106. The Morgan fingerprint density at radius 2 is 2.32 bits per heavy atom. The van der Waals surface area contributed by atoms with Gasteiger partial charge in [0.2, 0.25) is 0 Å². The highest BCUT2D eigenvalue weighted by Gasteiger charge is 2.28. The summed E-state index contributed by atoms with van der Waals surface area (Å²) in [5.74, 6) is 0.883. The predicted octanol–water partition coefficient (Wildman–Crippen LogP) is 3.65. The number of fused-ring (bicyclic) bond motifs is 1. The second-order valence-corrected chi connectivity index (χ2v) is 5.26. The Morgan fingerprint density at radius 1 is 1.47 bits per heavy atom. The first-order valence-electron chi connectivity index (χ1n) is 6.48. The van der Waals surface area contributed by atoms with Crippen LogP contribution in [0.2, 0.25) is 0 Å². The lowest BCUT2D eigenvalue weighted by Crippen LogP contribution is -2.11. The van der Waals surface area contributed by atoms with E-state index in [2.05, 4.69) is 9.55 Å². The third-order valence-corrected chi connectivity index (χ3v) is 4.14. The molecule has 2 aromatic rings. The van der Waals surface area contributed by atoms with E-state index in [9.17, 15) is 4.39 Å². The Morgan fingerprint density at radius 3 is 3.00 bits per heavy atom. The number of hydrogen-bond donors (Lipinski definition) is 0. The quantitative estimate of drug-likeness (QED) is 0.804. The number of ether oxygens (including phenoxy) is 1. The predicted molar refractivity (Wildman–Crippen MR) is 72.9 cm³/mol. The molecule has 0 saturated heterocycles. The molecule has 102 valence electrons. The van der Waals surface area contributed by atoms with Crippen molar-refractivity contribution in [2.45, 2.75) is 37.3 Å². The number of alkyl halides is 1. The van der Waals surface area contributed by atoms with Gasteiger partial charge in [-0.05, 0) is 31.4 Å². The molecule has 1 saturated carbocycles. The van der Waals surface area contributed by atoms with Gasteiger partial charge in [-0.25, -0.2) is 9.37 Å². The van der Waals surface area contributed by atoms with Crippen LogP contribution in [0.25, 0.3) is 11.0 Å². The molecule has 0 aliphatic heterocycles. The zero-order valence-electron chi connectivity index (χ0n) is 10.8. The SMILES string of the molecule is COC1CCC(n2c(CCl)nc3cc(F)ccc32)C1. The van der Waals surface area contributed by atoms with Crippen molar-refractivity contribution in [1.82, 2.24) is 9.55 Å². The molecule has 0 amide bonds. The summed E-state index contributed by atoms with van der Waals surface area (Å²) < 4.78 is 20.8. The first-order chi connectivity index (χ1) is 9.22. The van der Waals surface area contributed by atoms with Gasteiger partial charge in [-0.2, -0.15) is 0 Å². The molecule has 5 heteroatoms. The third kappa shape index (κ3) is 2.23. The number of imidazole rings is 1. The zero-order chi connectivity index (χ0) is 13.4. The average Bonchev–Trinajstić information content (AvgIpc) is 3.00. The fourth-order valence-electron chi connectivity index (χ4n) is 2.99. The molecule has 3 rings (SSSR count). The van der Waals surface area contributed by atoms with Gasteiger partial charge in [0.25, 0.3) is 0 Å². The summed E-state index contributed by atoms with van der Waals surface area (Å²) in [7, 11) is 1.75. The van der Waals surface area contributed by atoms with Crippen LogP contribution in [-0.4, -0.2) is 22.8 Å². The van der Waals surface area contributed by atoms with Crippen LogP contribution in [0, 0.1) is 5.82 Å². The van der Waals surface area contributed by atoms with E-state index in [1.165, 1.54) is 12.1 Å². The van der Waals surface area contributed by atoms with Crippen molar-refractivity contribution >= 4 is 22.6 Å². The fraction of sp³-hybridized carbons (Fsp3) is 0.500. The van der Waals surface area contributed by atoms with E-state index in [4.69, 9.17) is 16.3 Å². The van der Waals surface area contributed by atoms with Gasteiger partial charge in [-0.15, -0.1) is 11.6 Å². The van der Waals surface area contributed by atoms with E-state index in [0.717, 1.165) is 30.6 Å². The van der Waals surface area contributed by atoms with Crippen molar-refractivity contribution < 1.29 is 9.13 Å². The van der Waals surface area contributed by atoms with E-state index in [-0.39, 0.29) is 5.82 Å². The van der Waals surface area contributed by atoms with Crippen molar-refractivity contribution in [3.05, 3.63) is 29.8 Å². The summed E-state index contributed by atoms with van der Waals surface area (Å²) in [6, 6.07) is 5.06. The van der Waals surface area contributed by atoms with Crippen LogP contribution in [0.1, 0.15) is 31.1 Å². The molecule has 19 heavy (non-hydrogen) atoms. The van der Waals surface area contributed by atoms with Crippen LogP contribution < -0.4 is 0 Å². The van der Waals surface area contributed by atoms with E-state index in [1.807, 2.05) is 0 Å². The van der Waals surface area contributed by atoms with Gasteiger partial charge in [0.05, 0.1) is 23.0 Å². The monoisotopic (exact) mass is 282 g/mol. The Hall–Kier alpha value is -1.13. The maximum absolute atomic E-state index is 13.3. The standard InChI is InChI=1S/C14H16ClFN2O/c1-19-11-4-3-10(7-11)18-13-5-2-9(16)6-12(13)17-14(18)8-15/h2,5-6,10-11H,3-4,7-8H2,1H3. The third-order valence-electron chi connectivity index (χ3n) is 3.90. The second kappa shape index (κ2) is 5.10. The van der Waals surface area contributed by atoms with Crippen molar-refractivity contribution in [3.8, 4) is 0 Å². The maximum Gasteiger partial charge on any atom is 0.125 e. The lowest BCUT2D eigenvalue weighted by Gasteiger charge is -2.16. The number of methoxy groups -OCH3 is 1. The molecule has 1 fully saturated rings. The number of benzene rings is 1. The minimum atomic E-state index is -0.264. The van der Waals surface area contributed by atoms with Crippen LogP contribution in [0.4, 0.5) is 4.39 Å². The molecule has 2 atom stereocenters. The lowest BCUT2D eigenvalue weighted by atomic mass is 10.2. The van der Waals surface area contributed by atoms with E-state index < -0.39 is 0 Å². The largest absolute Gasteiger partial charge is 0.381 e. The van der Waals surface area contributed by atoms with Crippen molar-refractivity contribution in [2.24, 2.45) is 0 Å². The summed E-state index contributed by atoms with van der Waals surface area (Å²) in [4.78, 5) is 4.44. The summed E-state index contributed by atoms with van der Waals surface area (Å²) in [6.07, 6.45) is 3.35. The number of hydrogen-bond acceptors (Lipinski definition) is 2. The van der Waals surface area contributed by atoms with Crippen LogP contribution in [0.5, 0.6) is 0 Å². The minimum absolute atomic E-state index is 0.264. The molecule has 1 aliphatic rings. The highest BCUT2D eigenvalue weighted by atomic mass is 35.5. The zero-order valence-corrected chi connectivity index (χ0v) is 11.5. The topological polar surface area (TPSA) is 27.1 Å². The molecule has 3 nitrogen and oxygen atoms in total. The summed E-state index contributed by atoms with van der Waals surface area (Å²) in [6.45, 7) is 0. The first kappa shape index (κ1) is 12.9. The molecular weight excluding hydrogens is 267 g/mol. The summed E-state index contributed by atoms with van der Waals surface area (Å²) >= 11 is 5.98. The van der Waals surface area contributed by atoms with Gasteiger partial charge in [-0.3, -0.25) is 0 Å². The molecule has 0 radical (unpaired) electrons. The number of rotatable bonds is 3. The molecule has 0 spiro atoms. The highest BCUT2D eigenvalue weighted by molar-refractivity contribution is 6.16. The Kier molecular flexibility index (Phi) is 3.46. The Labute approximate surface area is 116 Å². The highest BCUT2D eigenvalue weighted by Crippen LogP contribution is 2.35. The molecule has 1 aromatic carbocycles. The molecule has 0 N–H and O–H groups in total. The maximum atomic E-state index is 13.3. The Balaban J connectivity index is 2.06. The van der Waals surface area contributed by atoms with Gasteiger partial charge < -0.3 is 9.30 Å². The summed E-state index contributed by atoms with van der Waals surface area (Å²) in [5.41, 5.74) is 1.63. The molecule has 1 aliphatic carbocycles. The van der Waals surface area contributed by atoms with Crippen molar-refractivity contribution in [2.75, 3.05) is 7.11 Å². The molecule has 0 bridgehead atoms. The molecule has 1 heterocycles. The van der Waals surface area contributed by atoms with Gasteiger partial charge in [-0.1, -0.05) is 0 Å². The van der Waals surface area contributed by atoms with E-state index in [1.54, 1.807) is 13.2 Å². The van der Waals surface area contributed by atoms with E-state index in [0.29, 0.717) is 23.5 Å². The van der Waals surface area contributed by atoms with Crippen molar-refractivity contribution in [3.63, 3.8) is 0 Å². The number of halogens is 2. The fourth-order valence-corrected chi connectivity index (χ4v) is 3.18. The van der Waals surface area contributed by atoms with Gasteiger partial charge in [0.15, 0.2) is 0 Å². The van der Waals surface area contributed by atoms with Gasteiger partial charge in [0, 0.05) is 19.2 Å². The van der Waals surface area contributed by atoms with Crippen molar-refractivity contribution in [1.29, 1.82) is 0 Å². The van der Waals surface area contributed by atoms with Crippen LogP contribution in [0.3, 0.4) is 0 Å². The number of nitrogens with zero attached hydrogens (tertiary/aromatic N) is 2. The second-order valence-electron chi connectivity index (χ2n) is 4.99. The van der Waals surface area contributed by atoms with Crippen LogP contribution in [0.15, 0.2) is 18.2 Å². The molecular formula is C14H16ClFN2O. The minimum Gasteiger partial charge on any atom is -0.381 e. The van der Waals surface area contributed by atoms with Crippen LogP contribution >= 0.6 is 11.6 Å². The normalized spacial score (nSPS) is 23.3. The molecule has 2 unspecified atom stereocenters. The van der Waals surface area contributed by atoms with E-state index >= 15 is 0 Å². The van der Waals surface area contributed by atoms with Gasteiger partial charge >= 0.3 is 0 Å². The number of aromatic nitrogens is 2. The van der Waals surface area contributed by atoms with Crippen LogP contribution in [-0.2, 0) is 10.6 Å². The van der Waals surface area contributed by atoms with Gasteiger partial charge in [0.1, 0.15) is 11.6 Å².